The lowest BCUT2D eigenvalue weighted by Gasteiger charge is -2.42. The van der Waals surface area contributed by atoms with Crippen molar-refractivity contribution in [2.75, 3.05) is 6.61 Å². The molecule has 41 heavy (non-hydrogen) atoms. The first kappa shape index (κ1) is 29.2. The maximum atomic E-state index is 12.7. The molecule has 5 rings (SSSR count). The molecule has 8 N–H and O–H groups in total. The highest BCUT2D eigenvalue weighted by Gasteiger charge is 2.47. The van der Waals surface area contributed by atoms with E-state index >= 15 is 0 Å². The Kier molecular flexibility index (Phi) is 8.20. The summed E-state index contributed by atoms with van der Waals surface area (Å²) < 4.78 is 27.9. The second-order valence-corrected chi connectivity index (χ2v) is 9.98. The maximum absolute atomic E-state index is 12.7. The van der Waals surface area contributed by atoms with Crippen molar-refractivity contribution in [1.82, 2.24) is 0 Å². The van der Waals surface area contributed by atoms with Crippen LogP contribution < -0.4 is 10.2 Å². The number of benzene rings is 2. The molecule has 2 fully saturated rings. The fourth-order valence-electron chi connectivity index (χ4n) is 4.71. The van der Waals surface area contributed by atoms with Crippen LogP contribution in [0.25, 0.3) is 22.3 Å². The van der Waals surface area contributed by atoms with Crippen molar-refractivity contribution in [3.8, 4) is 28.6 Å². The molecule has 0 spiro atoms. The normalized spacial score (nSPS) is 34.0. The van der Waals surface area contributed by atoms with E-state index in [2.05, 4.69) is 0 Å². The molecule has 14 nitrogen and oxygen atoms in total. The van der Waals surface area contributed by atoms with E-state index < -0.39 is 79.2 Å². The van der Waals surface area contributed by atoms with Crippen LogP contribution in [-0.2, 0) is 14.2 Å². The van der Waals surface area contributed by atoms with Gasteiger partial charge in [0.2, 0.25) is 6.29 Å². The summed E-state index contributed by atoms with van der Waals surface area (Å²) in [6, 6.07) is 9.40. The van der Waals surface area contributed by atoms with Crippen LogP contribution in [0.5, 0.6) is 17.2 Å². The molecule has 2 aliphatic heterocycles. The summed E-state index contributed by atoms with van der Waals surface area (Å²) in [7, 11) is 0. The third kappa shape index (κ3) is 5.74. The summed E-state index contributed by atoms with van der Waals surface area (Å²) in [5, 5.41) is 81.2. The second kappa shape index (κ2) is 11.5. The number of aromatic hydroxyl groups is 2. The van der Waals surface area contributed by atoms with Gasteiger partial charge in [-0.25, -0.2) is 0 Å². The van der Waals surface area contributed by atoms with Gasteiger partial charge in [-0.15, -0.1) is 0 Å². The lowest BCUT2D eigenvalue weighted by atomic mass is 9.98. The Morgan fingerprint density at radius 2 is 1.44 bits per heavy atom. The molecule has 14 heteroatoms. The number of phenols is 2. The molecule has 2 aromatic carbocycles. The summed E-state index contributed by atoms with van der Waals surface area (Å²) in [4.78, 5) is 12.7. The quantitative estimate of drug-likeness (QED) is 0.174. The van der Waals surface area contributed by atoms with Crippen molar-refractivity contribution in [1.29, 1.82) is 0 Å². The summed E-state index contributed by atoms with van der Waals surface area (Å²) >= 11 is 0. The Bertz CT molecular complexity index is 1420. The fraction of sp³-hybridized carbons (Fsp3) is 0.444. The van der Waals surface area contributed by atoms with Crippen LogP contribution in [0.2, 0.25) is 0 Å². The van der Waals surface area contributed by atoms with Crippen LogP contribution in [0.15, 0.2) is 51.7 Å². The minimum Gasteiger partial charge on any atom is -0.508 e. The van der Waals surface area contributed by atoms with Crippen LogP contribution in [0.4, 0.5) is 0 Å². The molecule has 0 aliphatic carbocycles. The van der Waals surface area contributed by atoms with Crippen molar-refractivity contribution < 1.29 is 64.2 Å². The summed E-state index contributed by atoms with van der Waals surface area (Å²) in [5.41, 5.74) is -0.149. The predicted octanol–water partition coefficient (Wildman–Crippen LogP) is -1.10. The van der Waals surface area contributed by atoms with Crippen molar-refractivity contribution in [3.05, 3.63) is 52.7 Å². The van der Waals surface area contributed by atoms with Crippen molar-refractivity contribution in [2.24, 2.45) is 0 Å². The van der Waals surface area contributed by atoms with Gasteiger partial charge >= 0.3 is 0 Å². The summed E-state index contributed by atoms with van der Waals surface area (Å²) in [6.07, 6.45) is -14.9. The van der Waals surface area contributed by atoms with Gasteiger partial charge in [-0.05, 0) is 31.2 Å². The molecule has 10 atom stereocenters. The first-order chi connectivity index (χ1) is 19.4. The van der Waals surface area contributed by atoms with Gasteiger partial charge in [-0.2, -0.15) is 0 Å². The van der Waals surface area contributed by atoms with Gasteiger partial charge in [0.15, 0.2) is 11.7 Å². The average Bonchev–Trinajstić information content (AvgIpc) is 2.94. The van der Waals surface area contributed by atoms with Crippen molar-refractivity contribution in [3.63, 3.8) is 0 Å². The molecule has 0 unspecified atom stereocenters. The first-order valence-corrected chi connectivity index (χ1v) is 12.7. The smallest absolute Gasteiger partial charge is 0.229 e. The van der Waals surface area contributed by atoms with Crippen LogP contribution in [0.3, 0.4) is 0 Å². The number of ether oxygens (including phenoxy) is 4. The Balaban J connectivity index is 1.35. The van der Waals surface area contributed by atoms with Gasteiger partial charge in [-0.3, -0.25) is 4.79 Å². The molecular weight excluding hydrogens is 548 g/mol. The van der Waals surface area contributed by atoms with Gasteiger partial charge in [0, 0.05) is 23.8 Å². The molecule has 3 aromatic rings. The minimum atomic E-state index is -1.76. The molecule has 1 aromatic heterocycles. The first-order valence-electron chi connectivity index (χ1n) is 12.7. The van der Waals surface area contributed by atoms with E-state index in [0.29, 0.717) is 5.56 Å². The highest BCUT2D eigenvalue weighted by atomic mass is 16.7. The number of aliphatic hydroxyl groups excluding tert-OH is 6. The fourth-order valence-corrected chi connectivity index (χ4v) is 4.71. The standard InChI is InChI=1S/C27H30O14/c1-10-20(31)22(33)24(35)26(38-10)37-9-18-21(32)23(34)25(36)27(41-18)39-13-6-14(29)19-15(30)8-16(40-17(19)7-13)11-2-4-12(28)5-3-11/h2-8,10,18,20-29,31-36H,9H2,1H3/t10-,18-,20-,21+,22+,23+,24-,25-,26+,27+/m0/s1. The molecule has 2 aliphatic rings. The van der Waals surface area contributed by atoms with E-state index in [1.165, 1.54) is 43.3 Å². The van der Waals surface area contributed by atoms with Gasteiger partial charge in [0.25, 0.3) is 0 Å². The van der Waals surface area contributed by atoms with Crippen LogP contribution in [0, 0.1) is 0 Å². The van der Waals surface area contributed by atoms with E-state index in [1.54, 1.807) is 0 Å². The number of rotatable bonds is 6. The Morgan fingerprint density at radius 1 is 0.780 bits per heavy atom. The largest absolute Gasteiger partial charge is 0.508 e. The van der Waals surface area contributed by atoms with Crippen molar-refractivity contribution >= 4 is 11.0 Å². The Hall–Kier alpha value is -3.31. The number of fused-ring (bicyclic) bond motifs is 1. The third-order valence-corrected chi connectivity index (χ3v) is 7.09. The highest BCUT2D eigenvalue weighted by molar-refractivity contribution is 5.86. The molecule has 0 amide bonds. The topological polar surface area (TPSA) is 229 Å². The van der Waals surface area contributed by atoms with E-state index in [-0.39, 0.29) is 28.2 Å². The number of phenolic OH excluding ortho intramolecular Hbond substituents is 2. The summed E-state index contributed by atoms with van der Waals surface area (Å²) in [5.74, 6) is -0.457. The van der Waals surface area contributed by atoms with E-state index in [0.717, 1.165) is 6.07 Å². The van der Waals surface area contributed by atoms with Gasteiger partial charge in [-0.1, -0.05) is 0 Å². The van der Waals surface area contributed by atoms with Gasteiger partial charge in [0.05, 0.1) is 12.7 Å². The van der Waals surface area contributed by atoms with Crippen LogP contribution in [0.1, 0.15) is 6.92 Å². The van der Waals surface area contributed by atoms with Crippen LogP contribution >= 0.6 is 0 Å². The Morgan fingerprint density at radius 3 is 2.15 bits per heavy atom. The van der Waals surface area contributed by atoms with Gasteiger partial charge < -0.3 is 64.2 Å². The third-order valence-electron chi connectivity index (χ3n) is 7.09. The lowest BCUT2D eigenvalue weighted by Crippen LogP contribution is -2.61. The highest BCUT2D eigenvalue weighted by Crippen LogP contribution is 2.34. The van der Waals surface area contributed by atoms with Crippen LogP contribution in [-0.4, -0.2) is 109 Å². The monoisotopic (exact) mass is 578 g/mol. The molecular formula is C27H30O14. The number of aliphatic hydroxyl groups is 6. The zero-order valence-electron chi connectivity index (χ0n) is 21.5. The Labute approximate surface area is 231 Å². The van der Waals surface area contributed by atoms with Crippen molar-refractivity contribution in [2.45, 2.75) is 68.3 Å². The molecule has 2 saturated heterocycles. The summed E-state index contributed by atoms with van der Waals surface area (Å²) in [6.45, 7) is 0.969. The van der Waals surface area contributed by atoms with Gasteiger partial charge in [0.1, 0.15) is 76.7 Å². The predicted molar refractivity (Wildman–Crippen MR) is 137 cm³/mol. The van der Waals surface area contributed by atoms with E-state index in [1.807, 2.05) is 0 Å². The second-order valence-electron chi connectivity index (χ2n) is 9.98. The zero-order chi connectivity index (χ0) is 29.6. The molecule has 0 radical (unpaired) electrons. The molecule has 0 bridgehead atoms. The average molecular weight is 579 g/mol. The SMILES string of the molecule is C[C@@H]1O[C@@H](OC[C@@H]2O[C@@H](Oc3cc(O)c4c(=O)cc(-c5ccc(O)cc5)oc4c3)[C@@H](O)[C@H](O)[C@@H]2O)[C@@H](O)[C@H](O)[C@H]1O. The lowest BCUT2D eigenvalue weighted by molar-refractivity contribution is -0.318. The molecule has 0 saturated carbocycles. The number of hydrogen-bond donors (Lipinski definition) is 8. The minimum absolute atomic E-state index is 0.0145. The zero-order valence-corrected chi connectivity index (χ0v) is 21.5. The number of hydrogen-bond acceptors (Lipinski definition) is 14. The van der Waals surface area contributed by atoms with E-state index in [9.17, 15) is 45.6 Å². The molecule has 222 valence electrons. The van der Waals surface area contributed by atoms with E-state index in [4.69, 9.17) is 23.4 Å². The molecule has 3 heterocycles. The maximum Gasteiger partial charge on any atom is 0.229 e.